The van der Waals surface area contributed by atoms with Crippen molar-refractivity contribution in [2.75, 3.05) is 7.05 Å². The molecular weight excluding hydrogens is 330 g/mol. The Bertz CT molecular complexity index is 955. The molecule has 7 nitrogen and oxygen atoms in total. The van der Waals surface area contributed by atoms with Crippen molar-refractivity contribution in [1.82, 2.24) is 24.4 Å². The van der Waals surface area contributed by atoms with Crippen molar-refractivity contribution in [3.63, 3.8) is 0 Å². The predicted molar refractivity (Wildman–Crippen MR) is 98.5 cm³/mol. The molecule has 1 atom stereocenters. The number of hydrogen-bond acceptors (Lipinski definition) is 5. The van der Waals surface area contributed by atoms with Gasteiger partial charge in [-0.25, -0.2) is 15.0 Å². The lowest BCUT2D eigenvalue weighted by atomic mass is 10.2. The van der Waals surface area contributed by atoms with Crippen molar-refractivity contribution in [1.29, 1.82) is 0 Å². The van der Waals surface area contributed by atoms with Crippen LogP contribution in [0.15, 0.2) is 54.0 Å². The zero-order valence-electron chi connectivity index (χ0n) is 14.9. The topological polar surface area (TPSA) is 81.0 Å². The third-order valence-electron chi connectivity index (χ3n) is 4.53. The molecule has 0 spiro atoms. The van der Waals surface area contributed by atoms with Crippen molar-refractivity contribution in [2.24, 2.45) is 0 Å². The monoisotopic (exact) mass is 351 g/mol. The highest BCUT2D eigenvalue weighted by atomic mass is 16.2. The second kappa shape index (κ2) is 7.86. The smallest absolute Gasteiger partial charge is 0.261 e. The van der Waals surface area contributed by atoms with Gasteiger partial charge in [-0.15, -0.1) is 0 Å². The van der Waals surface area contributed by atoms with Crippen LogP contribution < -0.4 is 5.56 Å². The van der Waals surface area contributed by atoms with Crippen LogP contribution in [0.25, 0.3) is 10.9 Å². The Kier molecular flexibility index (Phi) is 5.36. The van der Waals surface area contributed by atoms with E-state index in [1.807, 2.05) is 25.1 Å². The molecule has 0 N–H and O–H groups in total. The van der Waals surface area contributed by atoms with E-state index in [1.54, 1.807) is 41.2 Å². The summed E-state index contributed by atoms with van der Waals surface area (Å²) in [6.45, 7) is 2.39. The quantitative estimate of drug-likeness (QED) is 0.680. The van der Waals surface area contributed by atoms with Crippen molar-refractivity contribution < 1.29 is 4.79 Å². The van der Waals surface area contributed by atoms with Gasteiger partial charge in [0.15, 0.2) is 0 Å². The van der Waals surface area contributed by atoms with E-state index in [0.717, 1.165) is 5.69 Å². The number of hydrogen-bond donors (Lipinski definition) is 0. The van der Waals surface area contributed by atoms with Crippen LogP contribution in [0.1, 0.15) is 31.5 Å². The first-order valence-corrected chi connectivity index (χ1v) is 8.53. The van der Waals surface area contributed by atoms with Crippen LogP contribution in [0.2, 0.25) is 0 Å². The Balaban J connectivity index is 1.60. The molecule has 0 aliphatic heterocycles. The molecule has 0 aliphatic rings. The number of para-hydroxylation sites is 1. The number of aromatic nitrogens is 4. The van der Waals surface area contributed by atoms with Crippen LogP contribution in [0.4, 0.5) is 0 Å². The predicted octanol–water partition coefficient (Wildman–Crippen LogP) is 2.19. The minimum Gasteiger partial charge on any atom is -0.337 e. The molecule has 1 amide bonds. The Morgan fingerprint density at radius 3 is 2.81 bits per heavy atom. The first-order valence-electron chi connectivity index (χ1n) is 8.53. The number of rotatable bonds is 6. The van der Waals surface area contributed by atoms with Gasteiger partial charge in [-0.3, -0.25) is 14.2 Å². The molecule has 7 heteroatoms. The highest BCUT2D eigenvalue weighted by Gasteiger charge is 2.18. The van der Waals surface area contributed by atoms with E-state index >= 15 is 0 Å². The summed E-state index contributed by atoms with van der Waals surface area (Å²) in [5.41, 5.74) is 1.40. The fourth-order valence-electron chi connectivity index (χ4n) is 2.80. The number of amides is 1. The summed E-state index contributed by atoms with van der Waals surface area (Å²) >= 11 is 0. The first kappa shape index (κ1) is 17.7. The molecule has 0 fully saturated rings. The van der Waals surface area contributed by atoms with Gasteiger partial charge in [0.2, 0.25) is 5.91 Å². The summed E-state index contributed by atoms with van der Waals surface area (Å²) in [6, 6.07) is 8.93. The van der Waals surface area contributed by atoms with Crippen LogP contribution >= 0.6 is 0 Å². The fraction of sp³-hybridized carbons (Fsp3) is 0.316. The van der Waals surface area contributed by atoms with E-state index in [0.29, 0.717) is 30.3 Å². The molecule has 3 rings (SSSR count). The van der Waals surface area contributed by atoms with E-state index in [2.05, 4.69) is 15.0 Å². The van der Waals surface area contributed by atoms with Gasteiger partial charge in [0.05, 0.1) is 29.0 Å². The molecule has 3 aromatic rings. The maximum Gasteiger partial charge on any atom is 0.261 e. The van der Waals surface area contributed by atoms with Gasteiger partial charge in [0.25, 0.3) is 5.56 Å². The zero-order valence-corrected chi connectivity index (χ0v) is 14.9. The summed E-state index contributed by atoms with van der Waals surface area (Å²) in [4.78, 5) is 38.9. The zero-order chi connectivity index (χ0) is 18.5. The maximum absolute atomic E-state index is 12.4. The van der Waals surface area contributed by atoms with Crippen LogP contribution in [-0.2, 0) is 11.3 Å². The van der Waals surface area contributed by atoms with Crippen LogP contribution in [0.5, 0.6) is 0 Å². The summed E-state index contributed by atoms with van der Waals surface area (Å²) < 4.78 is 1.56. The molecule has 26 heavy (non-hydrogen) atoms. The molecule has 0 bridgehead atoms. The third-order valence-corrected chi connectivity index (χ3v) is 4.53. The van der Waals surface area contributed by atoms with Gasteiger partial charge < -0.3 is 4.90 Å². The van der Waals surface area contributed by atoms with Crippen molar-refractivity contribution in [3.8, 4) is 0 Å². The average Bonchev–Trinajstić information content (AvgIpc) is 2.69. The number of benzene rings is 1. The largest absolute Gasteiger partial charge is 0.337 e. The van der Waals surface area contributed by atoms with E-state index in [4.69, 9.17) is 0 Å². The van der Waals surface area contributed by atoms with Crippen LogP contribution in [0, 0.1) is 0 Å². The van der Waals surface area contributed by atoms with Gasteiger partial charge in [-0.1, -0.05) is 12.1 Å². The number of fused-ring (bicyclic) bond motifs is 1. The summed E-state index contributed by atoms with van der Waals surface area (Å²) in [5, 5.41) is 0.593. The molecule has 0 aliphatic carbocycles. The molecule has 0 unspecified atom stereocenters. The Hall–Kier alpha value is -3.09. The normalized spacial score (nSPS) is 12.1. The van der Waals surface area contributed by atoms with Crippen LogP contribution in [-0.4, -0.2) is 37.4 Å². The Morgan fingerprint density at radius 2 is 2.04 bits per heavy atom. The van der Waals surface area contributed by atoms with Crippen molar-refractivity contribution >= 4 is 16.8 Å². The van der Waals surface area contributed by atoms with Gasteiger partial charge in [-0.05, 0) is 31.5 Å². The highest BCUT2D eigenvalue weighted by molar-refractivity contribution is 5.77. The molecule has 0 radical (unpaired) electrons. The van der Waals surface area contributed by atoms with E-state index in [-0.39, 0.29) is 17.5 Å². The summed E-state index contributed by atoms with van der Waals surface area (Å²) in [6.07, 6.45) is 5.60. The molecule has 1 aromatic carbocycles. The molecule has 0 saturated carbocycles. The average molecular weight is 351 g/mol. The first-order chi connectivity index (χ1) is 12.6. The molecular formula is C19H21N5O2. The van der Waals surface area contributed by atoms with E-state index in [1.165, 1.54) is 6.33 Å². The third kappa shape index (κ3) is 3.77. The second-order valence-electron chi connectivity index (χ2n) is 6.18. The fourth-order valence-corrected chi connectivity index (χ4v) is 2.80. The summed E-state index contributed by atoms with van der Waals surface area (Å²) in [7, 11) is 1.76. The standard InChI is InChI=1S/C19H21N5O2/c1-14(16-9-10-20-12-21-16)23(2)18(25)8-5-11-24-13-22-17-7-4-3-6-15(17)19(24)26/h3-4,6-7,9-10,12-14H,5,8,11H2,1-2H3/t14-/m0/s1. The van der Waals surface area contributed by atoms with Gasteiger partial charge in [0, 0.05) is 26.2 Å². The van der Waals surface area contributed by atoms with Gasteiger partial charge in [-0.2, -0.15) is 0 Å². The second-order valence-corrected chi connectivity index (χ2v) is 6.18. The number of aryl methyl sites for hydroxylation is 1. The maximum atomic E-state index is 12.4. The van der Waals surface area contributed by atoms with Crippen molar-refractivity contribution in [2.45, 2.75) is 32.4 Å². The Labute approximate surface area is 151 Å². The summed E-state index contributed by atoms with van der Waals surface area (Å²) in [5.74, 6) is 0.0120. The lowest BCUT2D eigenvalue weighted by molar-refractivity contribution is -0.132. The number of carbonyl (C=O) groups excluding carboxylic acids is 1. The Morgan fingerprint density at radius 1 is 1.23 bits per heavy atom. The van der Waals surface area contributed by atoms with Gasteiger partial charge >= 0.3 is 0 Å². The minimum atomic E-state index is -0.129. The van der Waals surface area contributed by atoms with Crippen LogP contribution in [0.3, 0.4) is 0 Å². The number of nitrogens with zero attached hydrogens (tertiary/aromatic N) is 5. The number of carbonyl (C=O) groups is 1. The molecule has 2 heterocycles. The molecule has 134 valence electrons. The van der Waals surface area contributed by atoms with E-state index in [9.17, 15) is 9.59 Å². The SMILES string of the molecule is C[C@@H](c1ccncn1)N(C)C(=O)CCCn1cnc2ccccc2c1=O. The lowest BCUT2D eigenvalue weighted by Crippen LogP contribution is -2.30. The molecule has 0 saturated heterocycles. The van der Waals surface area contributed by atoms with Crippen molar-refractivity contribution in [3.05, 3.63) is 65.2 Å². The van der Waals surface area contributed by atoms with E-state index < -0.39 is 0 Å². The van der Waals surface area contributed by atoms with Gasteiger partial charge in [0.1, 0.15) is 6.33 Å². The highest BCUT2D eigenvalue weighted by Crippen LogP contribution is 2.16. The minimum absolute atomic E-state index is 0.0120. The molecule has 2 aromatic heterocycles. The lowest BCUT2D eigenvalue weighted by Gasteiger charge is -2.24.